The lowest BCUT2D eigenvalue weighted by Gasteiger charge is -2.13. The number of hydrogen-bond donors (Lipinski definition) is 1. The van der Waals surface area contributed by atoms with Crippen LogP contribution in [0.5, 0.6) is 0 Å². The maximum Gasteiger partial charge on any atom is 0.358 e. The molecular formula is C11H18N2O3. The van der Waals surface area contributed by atoms with Gasteiger partial charge in [-0.25, -0.2) is 4.79 Å². The molecule has 0 atom stereocenters. The van der Waals surface area contributed by atoms with Gasteiger partial charge in [0.2, 0.25) is 0 Å². The van der Waals surface area contributed by atoms with Crippen LogP contribution in [-0.2, 0) is 6.54 Å². The quantitative estimate of drug-likeness (QED) is 0.720. The zero-order chi connectivity index (χ0) is 12.0. The van der Waals surface area contributed by atoms with E-state index in [4.69, 9.17) is 9.63 Å². The molecule has 0 radical (unpaired) electrons. The van der Waals surface area contributed by atoms with Gasteiger partial charge >= 0.3 is 5.97 Å². The normalized spacial score (nSPS) is 10.9. The van der Waals surface area contributed by atoms with Crippen molar-refractivity contribution >= 4 is 5.97 Å². The van der Waals surface area contributed by atoms with E-state index in [-0.39, 0.29) is 5.69 Å². The first-order valence-electron chi connectivity index (χ1n) is 5.51. The molecule has 0 aliphatic rings. The zero-order valence-corrected chi connectivity index (χ0v) is 9.77. The second-order valence-corrected chi connectivity index (χ2v) is 3.93. The third-order valence-electron chi connectivity index (χ3n) is 2.35. The van der Waals surface area contributed by atoms with E-state index in [2.05, 4.69) is 17.0 Å². The van der Waals surface area contributed by atoms with Crippen LogP contribution in [0.15, 0.2) is 10.6 Å². The van der Waals surface area contributed by atoms with Crippen molar-refractivity contribution in [3.63, 3.8) is 0 Å². The van der Waals surface area contributed by atoms with Crippen molar-refractivity contribution in [2.45, 2.75) is 32.7 Å². The highest BCUT2D eigenvalue weighted by atomic mass is 16.5. The number of carboxylic acid groups (broad SMARTS) is 1. The minimum absolute atomic E-state index is 0.0306. The molecule has 0 fully saturated rings. The van der Waals surface area contributed by atoms with Gasteiger partial charge in [0.1, 0.15) is 0 Å². The fourth-order valence-electron chi connectivity index (χ4n) is 1.47. The number of rotatable bonds is 7. The molecular weight excluding hydrogens is 208 g/mol. The molecule has 1 heterocycles. The summed E-state index contributed by atoms with van der Waals surface area (Å²) < 4.78 is 4.93. The van der Waals surface area contributed by atoms with Gasteiger partial charge in [0, 0.05) is 6.07 Å². The summed E-state index contributed by atoms with van der Waals surface area (Å²) in [6, 6.07) is 1.47. The van der Waals surface area contributed by atoms with Crippen molar-refractivity contribution in [2.24, 2.45) is 0 Å². The molecule has 1 N–H and O–H groups in total. The lowest BCUT2D eigenvalue weighted by Crippen LogP contribution is -2.18. The summed E-state index contributed by atoms with van der Waals surface area (Å²) in [5.74, 6) is -0.458. The van der Waals surface area contributed by atoms with Crippen LogP contribution >= 0.6 is 0 Å². The Morgan fingerprint density at radius 2 is 2.31 bits per heavy atom. The van der Waals surface area contributed by atoms with Crippen LogP contribution in [0.3, 0.4) is 0 Å². The van der Waals surface area contributed by atoms with E-state index in [1.807, 2.05) is 7.05 Å². The SMILES string of the molecule is CCCCCN(C)Cc1cc(C(=O)O)no1. The van der Waals surface area contributed by atoms with E-state index in [1.165, 1.54) is 18.9 Å². The van der Waals surface area contributed by atoms with Gasteiger partial charge in [0.25, 0.3) is 0 Å². The van der Waals surface area contributed by atoms with Crippen LogP contribution in [0.1, 0.15) is 42.4 Å². The van der Waals surface area contributed by atoms with E-state index < -0.39 is 5.97 Å². The van der Waals surface area contributed by atoms with Crippen molar-refractivity contribution in [2.75, 3.05) is 13.6 Å². The third-order valence-corrected chi connectivity index (χ3v) is 2.35. The smallest absolute Gasteiger partial charge is 0.358 e. The number of carbonyl (C=O) groups is 1. The lowest BCUT2D eigenvalue weighted by molar-refractivity contribution is 0.0685. The van der Waals surface area contributed by atoms with Gasteiger partial charge in [-0.3, -0.25) is 4.90 Å². The highest BCUT2D eigenvalue weighted by molar-refractivity contribution is 5.85. The summed E-state index contributed by atoms with van der Waals surface area (Å²) in [4.78, 5) is 12.7. The van der Waals surface area contributed by atoms with E-state index in [0.717, 1.165) is 13.0 Å². The molecule has 0 saturated carbocycles. The first-order chi connectivity index (χ1) is 7.63. The average molecular weight is 226 g/mol. The Hall–Kier alpha value is -1.36. The number of carboxylic acids is 1. The molecule has 0 aliphatic heterocycles. The van der Waals surface area contributed by atoms with Crippen LogP contribution in [0, 0.1) is 0 Å². The summed E-state index contributed by atoms with van der Waals surface area (Å²) in [6.07, 6.45) is 3.55. The van der Waals surface area contributed by atoms with Gasteiger partial charge in [0.05, 0.1) is 6.54 Å². The van der Waals surface area contributed by atoms with Crippen molar-refractivity contribution < 1.29 is 14.4 Å². The number of hydrogen-bond acceptors (Lipinski definition) is 4. The van der Waals surface area contributed by atoms with E-state index in [0.29, 0.717) is 12.3 Å². The lowest BCUT2D eigenvalue weighted by atomic mass is 10.2. The molecule has 0 saturated heterocycles. The fourth-order valence-corrected chi connectivity index (χ4v) is 1.47. The molecule has 16 heavy (non-hydrogen) atoms. The minimum atomic E-state index is -1.05. The van der Waals surface area contributed by atoms with Crippen LogP contribution in [-0.4, -0.2) is 34.7 Å². The Bertz CT molecular complexity index is 336. The zero-order valence-electron chi connectivity index (χ0n) is 9.77. The molecule has 0 bridgehead atoms. The molecule has 0 amide bonds. The highest BCUT2D eigenvalue weighted by Gasteiger charge is 2.11. The fraction of sp³-hybridized carbons (Fsp3) is 0.636. The van der Waals surface area contributed by atoms with Crippen molar-refractivity contribution in [1.82, 2.24) is 10.1 Å². The predicted molar refractivity (Wildman–Crippen MR) is 59.3 cm³/mol. The Labute approximate surface area is 95.0 Å². The Morgan fingerprint density at radius 1 is 1.56 bits per heavy atom. The molecule has 5 heteroatoms. The second kappa shape index (κ2) is 6.27. The predicted octanol–water partition coefficient (Wildman–Crippen LogP) is 1.99. The first kappa shape index (κ1) is 12.7. The molecule has 1 aromatic heterocycles. The monoisotopic (exact) mass is 226 g/mol. The van der Waals surface area contributed by atoms with E-state index in [9.17, 15) is 4.79 Å². The molecule has 1 aromatic rings. The van der Waals surface area contributed by atoms with Crippen LogP contribution in [0.25, 0.3) is 0 Å². The van der Waals surface area contributed by atoms with Crippen LogP contribution in [0.2, 0.25) is 0 Å². The molecule has 0 spiro atoms. The first-order valence-corrected chi connectivity index (χ1v) is 5.51. The summed E-state index contributed by atoms with van der Waals surface area (Å²) in [7, 11) is 1.98. The largest absolute Gasteiger partial charge is 0.476 e. The minimum Gasteiger partial charge on any atom is -0.476 e. The number of nitrogens with zero attached hydrogens (tertiary/aromatic N) is 2. The maximum absolute atomic E-state index is 10.6. The van der Waals surface area contributed by atoms with Gasteiger partial charge in [0.15, 0.2) is 11.5 Å². The number of unbranched alkanes of at least 4 members (excludes halogenated alkanes) is 2. The number of aromatic carboxylic acids is 1. The van der Waals surface area contributed by atoms with Gasteiger partial charge in [-0.05, 0) is 20.0 Å². The third kappa shape index (κ3) is 4.02. The standard InChI is InChI=1S/C11H18N2O3/c1-3-4-5-6-13(2)8-9-7-10(11(14)15)12-16-9/h7H,3-6,8H2,1-2H3,(H,14,15). The van der Waals surface area contributed by atoms with Gasteiger partial charge in [-0.1, -0.05) is 24.9 Å². The Balaban J connectivity index is 2.37. The van der Waals surface area contributed by atoms with Crippen molar-refractivity contribution in [3.05, 3.63) is 17.5 Å². The van der Waals surface area contributed by atoms with Gasteiger partial charge in [-0.2, -0.15) is 0 Å². The molecule has 0 aliphatic carbocycles. The summed E-state index contributed by atoms with van der Waals surface area (Å²) >= 11 is 0. The molecule has 0 unspecified atom stereocenters. The van der Waals surface area contributed by atoms with E-state index >= 15 is 0 Å². The topological polar surface area (TPSA) is 66.6 Å². The average Bonchev–Trinajstić information content (AvgIpc) is 2.66. The Kier molecular flexibility index (Phi) is 4.98. The van der Waals surface area contributed by atoms with Gasteiger partial charge in [-0.15, -0.1) is 0 Å². The number of aromatic nitrogens is 1. The van der Waals surface area contributed by atoms with Crippen LogP contribution < -0.4 is 0 Å². The van der Waals surface area contributed by atoms with Crippen LogP contribution in [0.4, 0.5) is 0 Å². The van der Waals surface area contributed by atoms with Crippen molar-refractivity contribution in [1.29, 1.82) is 0 Å². The molecule has 0 aromatic carbocycles. The maximum atomic E-state index is 10.6. The molecule has 90 valence electrons. The molecule has 1 rings (SSSR count). The summed E-state index contributed by atoms with van der Waals surface area (Å²) in [5, 5.41) is 12.1. The summed E-state index contributed by atoms with van der Waals surface area (Å²) in [6.45, 7) is 3.75. The second-order valence-electron chi connectivity index (χ2n) is 3.93. The Morgan fingerprint density at radius 3 is 2.88 bits per heavy atom. The summed E-state index contributed by atoms with van der Waals surface area (Å²) in [5.41, 5.74) is -0.0306. The van der Waals surface area contributed by atoms with Crippen molar-refractivity contribution in [3.8, 4) is 0 Å². The van der Waals surface area contributed by atoms with E-state index in [1.54, 1.807) is 0 Å². The van der Waals surface area contributed by atoms with Gasteiger partial charge < -0.3 is 9.63 Å². The highest BCUT2D eigenvalue weighted by Crippen LogP contribution is 2.07. The molecule has 5 nitrogen and oxygen atoms in total.